The number of primary amides is 1. The van der Waals surface area contributed by atoms with Crippen LogP contribution in [0.5, 0.6) is 0 Å². The summed E-state index contributed by atoms with van der Waals surface area (Å²) in [6.45, 7) is 2.02. The summed E-state index contributed by atoms with van der Waals surface area (Å²) in [4.78, 5) is 10.8. The van der Waals surface area contributed by atoms with Crippen molar-refractivity contribution in [1.82, 2.24) is 0 Å². The molecule has 2 rings (SSSR count). The number of nitriles is 1. The van der Waals surface area contributed by atoms with E-state index in [2.05, 4.69) is 16.7 Å². The van der Waals surface area contributed by atoms with Crippen LogP contribution >= 0.6 is 0 Å². The number of hydrogen-bond donors (Lipinski definition) is 3. The smallest absolute Gasteiger partial charge is 0.316 e. The van der Waals surface area contributed by atoms with E-state index in [0.29, 0.717) is 11.3 Å². The third kappa shape index (κ3) is 3.98. The van der Waals surface area contributed by atoms with Crippen LogP contribution < -0.4 is 16.4 Å². The van der Waals surface area contributed by atoms with Crippen LogP contribution in [0.4, 0.5) is 16.2 Å². The number of nitrogens with two attached hydrogens (primary N) is 1. The Balaban J connectivity index is 2.09. The number of carbonyl (C=O) groups excluding carboxylic acids is 1. The second-order valence-electron chi connectivity index (χ2n) is 4.67. The molecule has 0 aliphatic carbocycles. The van der Waals surface area contributed by atoms with Gasteiger partial charge in [0.05, 0.1) is 11.6 Å². The molecule has 5 heteroatoms. The maximum atomic E-state index is 10.8. The molecule has 1 unspecified atom stereocenters. The zero-order chi connectivity index (χ0) is 15.2. The summed E-state index contributed by atoms with van der Waals surface area (Å²) < 4.78 is 0. The molecule has 1 atom stereocenters. The molecular weight excluding hydrogens is 264 g/mol. The SMILES string of the molecule is CC(Nc1cccc(NC(N)=O)c1)c1ccc(C#N)cc1. The molecule has 0 aliphatic rings. The molecule has 2 aromatic carbocycles. The lowest BCUT2D eigenvalue weighted by molar-refractivity contribution is 0.259. The predicted octanol–water partition coefficient (Wildman–Crippen LogP) is 3.22. The lowest BCUT2D eigenvalue weighted by Gasteiger charge is -2.16. The van der Waals surface area contributed by atoms with Crippen molar-refractivity contribution in [2.45, 2.75) is 13.0 Å². The van der Waals surface area contributed by atoms with Crippen molar-refractivity contribution in [2.75, 3.05) is 10.6 Å². The Bertz CT molecular complexity index is 673. The van der Waals surface area contributed by atoms with Crippen molar-refractivity contribution in [1.29, 1.82) is 5.26 Å². The van der Waals surface area contributed by atoms with Crippen molar-refractivity contribution in [2.24, 2.45) is 5.73 Å². The minimum atomic E-state index is -0.590. The number of nitrogens with zero attached hydrogens (tertiary/aromatic N) is 1. The highest BCUT2D eigenvalue weighted by Gasteiger charge is 2.06. The number of carbonyl (C=O) groups is 1. The minimum absolute atomic E-state index is 0.0709. The third-order valence-electron chi connectivity index (χ3n) is 3.05. The Labute approximate surface area is 123 Å². The maximum Gasteiger partial charge on any atom is 0.316 e. The van der Waals surface area contributed by atoms with Gasteiger partial charge >= 0.3 is 6.03 Å². The number of urea groups is 1. The largest absolute Gasteiger partial charge is 0.378 e. The van der Waals surface area contributed by atoms with Crippen molar-refractivity contribution in [3.05, 3.63) is 59.7 Å². The molecular formula is C16H16N4O. The van der Waals surface area contributed by atoms with Crippen LogP contribution in [0.2, 0.25) is 0 Å². The molecule has 0 radical (unpaired) electrons. The predicted molar refractivity (Wildman–Crippen MR) is 82.8 cm³/mol. The quantitative estimate of drug-likeness (QED) is 0.803. The first kappa shape index (κ1) is 14.4. The van der Waals surface area contributed by atoms with E-state index in [4.69, 9.17) is 11.0 Å². The van der Waals surface area contributed by atoms with Gasteiger partial charge in [-0.3, -0.25) is 0 Å². The van der Waals surface area contributed by atoms with Crippen molar-refractivity contribution >= 4 is 17.4 Å². The van der Waals surface area contributed by atoms with Crippen LogP contribution in [0.1, 0.15) is 24.1 Å². The van der Waals surface area contributed by atoms with Crippen LogP contribution in [-0.2, 0) is 0 Å². The lowest BCUT2D eigenvalue weighted by atomic mass is 10.1. The Morgan fingerprint density at radius 1 is 1.19 bits per heavy atom. The number of benzene rings is 2. The molecule has 0 fully saturated rings. The number of anilines is 2. The number of amides is 2. The first-order chi connectivity index (χ1) is 10.1. The third-order valence-corrected chi connectivity index (χ3v) is 3.05. The molecule has 5 nitrogen and oxygen atoms in total. The molecule has 2 aromatic rings. The molecule has 0 saturated heterocycles. The van der Waals surface area contributed by atoms with Gasteiger partial charge < -0.3 is 16.4 Å². The summed E-state index contributed by atoms with van der Waals surface area (Å²) in [5.41, 5.74) is 8.32. The van der Waals surface area contributed by atoms with E-state index in [1.807, 2.05) is 37.3 Å². The summed E-state index contributed by atoms with van der Waals surface area (Å²) >= 11 is 0. The van der Waals surface area contributed by atoms with Gasteiger partial charge in [0.15, 0.2) is 0 Å². The maximum absolute atomic E-state index is 10.8. The van der Waals surface area contributed by atoms with E-state index < -0.39 is 6.03 Å². The Morgan fingerprint density at radius 2 is 1.86 bits per heavy atom. The van der Waals surface area contributed by atoms with E-state index in [0.717, 1.165) is 11.3 Å². The zero-order valence-corrected chi connectivity index (χ0v) is 11.6. The van der Waals surface area contributed by atoms with Gasteiger partial charge in [-0.1, -0.05) is 18.2 Å². The highest BCUT2D eigenvalue weighted by molar-refractivity contribution is 5.88. The summed E-state index contributed by atoms with van der Waals surface area (Å²) in [7, 11) is 0. The van der Waals surface area contributed by atoms with Crippen molar-refractivity contribution in [3.8, 4) is 6.07 Å². The first-order valence-electron chi connectivity index (χ1n) is 6.51. The second-order valence-corrected chi connectivity index (χ2v) is 4.67. The monoisotopic (exact) mass is 280 g/mol. The average molecular weight is 280 g/mol. The summed E-state index contributed by atoms with van der Waals surface area (Å²) in [5.74, 6) is 0. The van der Waals surface area contributed by atoms with E-state index in [1.165, 1.54) is 0 Å². The number of hydrogen-bond acceptors (Lipinski definition) is 3. The molecule has 2 amide bonds. The Morgan fingerprint density at radius 3 is 2.48 bits per heavy atom. The van der Waals surface area contributed by atoms with Crippen LogP contribution in [0.25, 0.3) is 0 Å². The molecule has 4 N–H and O–H groups in total. The molecule has 0 aromatic heterocycles. The van der Waals surface area contributed by atoms with Gasteiger partial charge in [0.25, 0.3) is 0 Å². The molecule has 21 heavy (non-hydrogen) atoms. The molecule has 106 valence electrons. The fourth-order valence-corrected chi connectivity index (χ4v) is 2.01. The van der Waals surface area contributed by atoms with E-state index in [1.54, 1.807) is 18.2 Å². The number of rotatable bonds is 4. The molecule has 0 spiro atoms. The fraction of sp³-hybridized carbons (Fsp3) is 0.125. The fourth-order valence-electron chi connectivity index (χ4n) is 2.01. The summed E-state index contributed by atoms with van der Waals surface area (Å²) in [5, 5.41) is 14.7. The minimum Gasteiger partial charge on any atom is -0.378 e. The van der Waals surface area contributed by atoms with E-state index in [-0.39, 0.29) is 6.04 Å². The second kappa shape index (κ2) is 6.44. The Hall–Kier alpha value is -3.00. The van der Waals surface area contributed by atoms with Gasteiger partial charge in [-0.25, -0.2) is 4.79 Å². The Kier molecular flexibility index (Phi) is 4.42. The van der Waals surface area contributed by atoms with Crippen LogP contribution in [0, 0.1) is 11.3 Å². The van der Waals surface area contributed by atoms with Gasteiger partial charge in [0, 0.05) is 17.4 Å². The van der Waals surface area contributed by atoms with E-state index in [9.17, 15) is 4.79 Å². The summed E-state index contributed by atoms with van der Waals surface area (Å²) in [6, 6.07) is 16.3. The molecule has 0 aliphatic heterocycles. The van der Waals surface area contributed by atoms with Crippen molar-refractivity contribution in [3.63, 3.8) is 0 Å². The van der Waals surface area contributed by atoms with Crippen molar-refractivity contribution < 1.29 is 4.79 Å². The summed E-state index contributed by atoms with van der Waals surface area (Å²) in [6.07, 6.45) is 0. The first-order valence-corrected chi connectivity index (χ1v) is 6.51. The number of nitrogens with one attached hydrogen (secondary N) is 2. The lowest BCUT2D eigenvalue weighted by Crippen LogP contribution is -2.19. The normalized spacial score (nSPS) is 11.2. The van der Waals surface area contributed by atoms with Crippen LogP contribution in [-0.4, -0.2) is 6.03 Å². The van der Waals surface area contributed by atoms with Gasteiger partial charge in [-0.2, -0.15) is 5.26 Å². The standard InChI is InChI=1S/C16H16N4O/c1-11(13-7-5-12(10-17)6-8-13)19-14-3-2-4-15(9-14)20-16(18)21/h2-9,11,19H,1H3,(H3,18,20,21). The highest BCUT2D eigenvalue weighted by atomic mass is 16.2. The molecule has 0 bridgehead atoms. The molecule has 0 heterocycles. The highest BCUT2D eigenvalue weighted by Crippen LogP contribution is 2.22. The van der Waals surface area contributed by atoms with Gasteiger partial charge in [0.1, 0.15) is 0 Å². The van der Waals surface area contributed by atoms with Gasteiger partial charge in [-0.15, -0.1) is 0 Å². The zero-order valence-electron chi connectivity index (χ0n) is 11.6. The van der Waals surface area contributed by atoms with Crippen LogP contribution in [0.3, 0.4) is 0 Å². The topological polar surface area (TPSA) is 90.9 Å². The van der Waals surface area contributed by atoms with Gasteiger partial charge in [0.2, 0.25) is 0 Å². The molecule has 0 saturated carbocycles. The van der Waals surface area contributed by atoms with E-state index >= 15 is 0 Å². The van der Waals surface area contributed by atoms with Gasteiger partial charge in [-0.05, 0) is 42.8 Å². The van der Waals surface area contributed by atoms with Crippen LogP contribution in [0.15, 0.2) is 48.5 Å². The average Bonchev–Trinajstić information content (AvgIpc) is 2.47.